The molecule has 5 nitrogen and oxygen atoms in total. The molecule has 0 radical (unpaired) electrons. The van der Waals surface area contributed by atoms with E-state index in [1.807, 2.05) is 6.07 Å². The smallest absolute Gasteiger partial charge is 0.174 e. The standard InChI is InChI=1S/C18H20ClFN4O/c19-13-10-11(4-5-14(13)20)18(22)12-6-7-23-16(15(12)25-17(18)21)24-8-2-1-3-9-24/h4-7,10,17H,1-3,8-9,21-22H2. The number of pyridine rings is 1. The molecular formula is C18H20ClFN4O. The van der Waals surface area contributed by atoms with Gasteiger partial charge in [0.05, 0.1) is 5.02 Å². The van der Waals surface area contributed by atoms with Crippen molar-refractivity contribution in [2.75, 3.05) is 18.0 Å². The van der Waals surface area contributed by atoms with Gasteiger partial charge < -0.3 is 15.4 Å². The van der Waals surface area contributed by atoms with E-state index in [-0.39, 0.29) is 5.02 Å². The third kappa shape index (κ3) is 2.56. The largest absolute Gasteiger partial charge is 0.469 e. The van der Waals surface area contributed by atoms with Gasteiger partial charge in [-0.25, -0.2) is 9.37 Å². The maximum atomic E-state index is 13.6. The fourth-order valence-electron chi connectivity index (χ4n) is 3.66. The van der Waals surface area contributed by atoms with Gasteiger partial charge >= 0.3 is 0 Å². The van der Waals surface area contributed by atoms with Gasteiger partial charge in [-0.05, 0) is 43.0 Å². The molecule has 3 heterocycles. The summed E-state index contributed by atoms with van der Waals surface area (Å²) in [7, 11) is 0. The van der Waals surface area contributed by atoms with Gasteiger partial charge in [-0.15, -0.1) is 0 Å². The molecule has 7 heteroatoms. The van der Waals surface area contributed by atoms with Crippen LogP contribution in [-0.2, 0) is 5.54 Å². The minimum atomic E-state index is -1.11. The highest BCUT2D eigenvalue weighted by Crippen LogP contribution is 2.47. The number of rotatable bonds is 2. The molecule has 132 valence electrons. The van der Waals surface area contributed by atoms with Crippen LogP contribution in [0.25, 0.3) is 0 Å². The van der Waals surface area contributed by atoms with Gasteiger partial charge in [-0.3, -0.25) is 5.73 Å². The Kier molecular flexibility index (Phi) is 4.06. The van der Waals surface area contributed by atoms with Crippen LogP contribution in [0.4, 0.5) is 10.2 Å². The van der Waals surface area contributed by atoms with Crippen LogP contribution < -0.4 is 21.1 Å². The van der Waals surface area contributed by atoms with Crippen molar-refractivity contribution in [2.24, 2.45) is 11.5 Å². The molecule has 0 aliphatic carbocycles. The molecule has 2 aromatic rings. The van der Waals surface area contributed by atoms with Crippen molar-refractivity contribution in [3.63, 3.8) is 0 Å². The Morgan fingerprint density at radius 3 is 2.72 bits per heavy atom. The van der Waals surface area contributed by atoms with Gasteiger partial charge in [0.25, 0.3) is 0 Å². The molecule has 1 fully saturated rings. The van der Waals surface area contributed by atoms with Crippen LogP contribution >= 0.6 is 11.6 Å². The van der Waals surface area contributed by atoms with Crippen molar-refractivity contribution in [1.29, 1.82) is 0 Å². The molecule has 0 saturated carbocycles. The number of nitrogens with two attached hydrogens (primary N) is 2. The number of hydrogen-bond acceptors (Lipinski definition) is 5. The summed E-state index contributed by atoms with van der Waals surface area (Å²) in [5.74, 6) is 0.887. The summed E-state index contributed by atoms with van der Waals surface area (Å²) in [6.45, 7) is 1.87. The molecular weight excluding hydrogens is 343 g/mol. The first-order valence-corrected chi connectivity index (χ1v) is 8.80. The summed E-state index contributed by atoms with van der Waals surface area (Å²) in [5, 5.41) is 0.00767. The number of hydrogen-bond donors (Lipinski definition) is 2. The first-order chi connectivity index (χ1) is 12.0. The van der Waals surface area contributed by atoms with E-state index in [0.29, 0.717) is 11.3 Å². The Bertz CT molecular complexity index is 812. The van der Waals surface area contributed by atoms with Crippen molar-refractivity contribution < 1.29 is 9.13 Å². The van der Waals surface area contributed by atoms with Crippen LogP contribution in [0.5, 0.6) is 5.75 Å². The number of benzene rings is 1. The van der Waals surface area contributed by atoms with E-state index in [9.17, 15) is 4.39 Å². The van der Waals surface area contributed by atoms with E-state index in [4.69, 9.17) is 27.8 Å². The SMILES string of the molecule is NC1Oc2c(ccnc2N2CCCCC2)C1(N)c1ccc(F)c(Cl)c1. The summed E-state index contributed by atoms with van der Waals surface area (Å²) in [6, 6.07) is 6.22. The Hall–Kier alpha value is -1.89. The number of halogens is 2. The summed E-state index contributed by atoms with van der Waals surface area (Å²) >= 11 is 5.95. The highest BCUT2D eigenvalue weighted by molar-refractivity contribution is 6.30. The van der Waals surface area contributed by atoms with Gasteiger partial charge in [0.15, 0.2) is 17.8 Å². The molecule has 2 unspecified atom stereocenters. The fourth-order valence-corrected chi connectivity index (χ4v) is 3.84. The molecule has 1 saturated heterocycles. The second-order valence-corrected chi connectivity index (χ2v) is 7.00. The maximum Gasteiger partial charge on any atom is 0.174 e. The van der Waals surface area contributed by atoms with E-state index < -0.39 is 17.6 Å². The lowest BCUT2D eigenvalue weighted by Crippen LogP contribution is -2.52. The zero-order valence-electron chi connectivity index (χ0n) is 13.7. The topological polar surface area (TPSA) is 77.4 Å². The van der Waals surface area contributed by atoms with Crippen LogP contribution in [-0.4, -0.2) is 24.3 Å². The molecule has 1 aromatic heterocycles. The summed E-state index contributed by atoms with van der Waals surface area (Å²) < 4.78 is 19.5. The molecule has 2 aliphatic rings. The fraction of sp³-hybridized carbons (Fsp3) is 0.389. The maximum absolute atomic E-state index is 13.6. The van der Waals surface area contributed by atoms with Crippen molar-refractivity contribution in [1.82, 2.24) is 4.98 Å². The first kappa shape index (κ1) is 16.6. The van der Waals surface area contributed by atoms with Crippen LogP contribution in [0.3, 0.4) is 0 Å². The third-order valence-corrected chi connectivity index (χ3v) is 5.37. The molecule has 0 amide bonds. The van der Waals surface area contributed by atoms with Crippen molar-refractivity contribution in [2.45, 2.75) is 31.0 Å². The average Bonchev–Trinajstić information content (AvgIpc) is 2.90. The van der Waals surface area contributed by atoms with Gasteiger partial charge in [0, 0.05) is 24.8 Å². The summed E-state index contributed by atoms with van der Waals surface area (Å²) in [5.41, 5.74) is 13.2. The number of nitrogens with zero attached hydrogens (tertiary/aromatic N) is 2. The molecule has 4 N–H and O–H groups in total. The second-order valence-electron chi connectivity index (χ2n) is 6.60. The van der Waals surface area contributed by atoms with Crippen LogP contribution in [0, 0.1) is 5.82 Å². The van der Waals surface area contributed by atoms with E-state index in [2.05, 4.69) is 9.88 Å². The summed E-state index contributed by atoms with van der Waals surface area (Å²) in [6.07, 6.45) is 4.38. The zero-order chi connectivity index (χ0) is 17.6. The molecule has 1 aromatic carbocycles. The Morgan fingerprint density at radius 1 is 1.24 bits per heavy atom. The molecule has 2 aliphatic heterocycles. The van der Waals surface area contributed by atoms with Gasteiger partial charge in [0.1, 0.15) is 11.4 Å². The van der Waals surface area contributed by atoms with Crippen LogP contribution in [0.15, 0.2) is 30.5 Å². The minimum absolute atomic E-state index is 0.00767. The number of anilines is 1. The highest BCUT2D eigenvalue weighted by atomic mass is 35.5. The molecule has 25 heavy (non-hydrogen) atoms. The summed E-state index contributed by atoms with van der Waals surface area (Å²) in [4.78, 5) is 6.71. The predicted molar refractivity (Wildman–Crippen MR) is 95.3 cm³/mol. The van der Waals surface area contributed by atoms with E-state index in [1.54, 1.807) is 12.3 Å². The first-order valence-electron chi connectivity index (χ1n) is 8.43. The van der Waals surface area contributed by atoms with E-state index in [0.717, 1.165) is 37.3 Å². The number of aromatic nitrogens is 1. The molecule has 2 atom stereocenters. The van der Waals surface area contributed by atoms with Gasteiger partial charge in [-0.1, -0.05) is 17.7 Å². The Labute approximate surface area is 150 Å². The third-order valence-electron chi connectivity index (χ3n) is 5.08. The number of fused-ring (bicyclic) bond motifs is 1. The highest BCUT2D eigenvalue weighted by Gasteiger charge is 2.47. The molecule has 0 spiro atoms. The number of ether oxygens (including phenoxy) is 1. The lowest BCUT2D eigenvalue weighted by Gasteiger charge is -2.29. The normalized spacial score (nSPS) is 25.6. The van der Waals surface area contributed by atoms with Crippen LogP contribution in [0.1, 0.15) is 30.4 Å². The Balaban J connectivity index is 1.81. The molecule has 0 bridgehead atoms. The minimum Gasteiger partial charge on any atom is -0.469 e. The van der Waals surface area contributed by atoms with Gasteiger partial charge in [-0.2, -0.15) is 0 Å². The lowest BCUT2D eigenvalue weighted by molar-refractivity contribution is 0.177. The quantitative estimate of drug-likeness (QED) is 0.859. The average molecular weight is 363 g/mol. The zero-order valence-corrected chi connectivity index (χ0v) is 14.5. The van der Waals surface area contributed by atoms with Gasteiger partial charge in [0.2, 0.25) is 0 Å². The lowest BCUT2D eigenvalue weighted by atomic mass is 9.84. The van der Waals surface area contributed by atoms with Crippen LogP contribution in [0.2, 0.25) is 5.02 Å². The van der Waals surface area contributed by atoms with E-state index in [1.165, 1.54) is 18.6 Å². The van der Waals surface area contributed by atoms with Crippen molar-refractivity contribution in [3.05, 3.63) is 52.4 Å². The number of piperidine rings is 1. The second kappa shape index (κ2) is 6.12. The monoisotopic (exact) mass is 362 g/mol. The Morgan fingerprint density at radius 2 is 2.00 bits per heavy atom. The molecule has 4 rings (SSSR count). The van der Waals surface area contributed by atoms with Crippen molar-refractivity contribution in [3.8, 4) is 5.75 Å². The predicted octanol–water partition coefficient (Wildman–Crippen LogP) is 2.74. The van der Waals surface area contributed by atoms with Crippen molar-refractivity contribution >= 4 is 17.4 Å². The van der Waals surface area contributed by atoms with E-state index >= 15 is 0 Å².